The van der Waals surface area contributed by atoms with Gasteiger partial charge in [-0.1, -0.05) is 37.9 Å². The summed E-state index contributed by atoms with van der Waals surface area (Å²) in [6.45, 7) is 4.73. The first-order valence-corrected chi connectivity index (χ1v) is 7.33. The Balaban J connectivity index is 1.89. The maximum absolute atomic E-state index is 9.14. The zero-order valence-corrected chi connectivity index (χ0v) is 11.2. The van der Waals surface area contributed by atoms with Gasteiger partial charge in [0.2, 0.25) is 0 Å². The van der Waals surface area contributed by atoms with Crippen LogP contribution < -0.4 is 5.30 Å². The van der Waals surface area contributed by atoms with Crippen LogP contribution in [0.25, 0.3) is 0 Å². The molecule has 1 saturated carbocycles. The van der Waals surface area contributed by atoms with E-state index in [1.54, 1.807) is 0 Å². The molecule has 0 aromatic heterocycles. The van der Waals surface area contributed by atoms with Gasteiger partial charge in [-0.05, 0) is 50.0 Å². The third-order valence-corrected chi connectivity index (χ3v) is 5.02. The van der Waals surface area contributed by atoms with E-state index < -0.39 is 0 Å². The third kappa shape index (κ3) is 2.84. The summed E-state index contributed by atoms with van der Waals surface area (Å²) in [5.74, 6) is 1.38. The normalized spacial score (nSPS) is 24.9. The molecule has 2 rings (SSSR count). The van der Waals surface area contributed by atoms with Gasteiger partial charge in [-0.15, -0.1) is 0 Å². The molecule has 3 unspecified atom stereocenters. The fourth-order valence-electron chi connectivity index (χ4n) is 2.47. The molecular weight excluding hydrogens is 215 g/mol. The number of hydrogen-bond donors (Lipinski definition) is 1. The lowest BCUT2D eigenvalue weighted by atomic mass is 9.75. The number of hydrogen-bond acceptors (Lipinski definition) is 1. The van der Waals surface area contributed by atoms with Crippen LogP contribution in [0.4, 0.5) is 0 Å². The Kier molecular flexibility index (Phi) is 4.00. The van der Waals surface area contributed by atoms with Crippen LogP contribution in [0, 0.1) is 25.7 Å². The van der Waals surface area contributed by atoms with E-state index in [2.05, 4.69) is 32.0 Å². The van der Waals surface area contributed by atoms with Gasteiger partial charge in [-0.2, -0.15) is 0 Å². The van der Waals surface area contributed by atoms with E-state index in [0.29, 0.717) is 12.5 Å². The average molecular weight is 236 g/mol. The minimum atomic E-state index is 0.391. The molecule has 1 aliphatic rings. The number of aryl methyl sites for hydroxylation is 2. The van der Waals surface area contributed by atoms with Gasteiger partial charge in [-0.3, -0.25) is 0 Å². The highest BCUT2D eigenvalue weighted by Gasteiger charge is 2.29. The zero-order chi connectivity index (χ0) is 11.5. The number of aliphatic hydroxyl groups excluding tert-OH is 1. The summed E-state index contributed by atoms with van der Waals surface area (Å²) in [4.78, 5) is 0. The SMILES string of the molecule is Cc1cc(C)cc(PCC2CCC2CO)c1. The summed E-state index contributed by atoms with van der Waals surface area (Å²) >= 11 is 0. The molecule has 0 bridgehead atoms. The number of rotatable bonds is 4. The van der Waals surface area contributed by atoms with Gasteiger partial charge in [0, 0.05) is 6.61 Å². The molecule has 0 saturated heterocycles. The smallest absolute Gasteiger partial charge is 0.0462 e. The molecule has 16 heavy (non-hydrogen) atoms. The van der Waals surface area contributed by atoms with Crippen LogP contribution in [0.2, 0.25) is 0 Å². The highest BCUT2D eigenvalue weighted by Crippen LogP contribution is 2.37. The largest absolute Gasteiger partial charge is 0.396 e. The monoisotopic (exact) mass is 236 g/mol. The van der Waals surface area contributed by atoms with E-state index in [-0.39, 0.29) is 0 Å². The highest BCUT2D eigenvalue weighted by molar-refractivity contribution is 7.47. The molecule has 0 heterocycles. The van der Waals surface area contributed by atoms with Crippen molar-refractivity contribution < 1.29 is 5.11 Å². The molecule has 1 aromatic carbocycles. The van der Waals surface area contributed by atoms with Crippen LogP contribution in [0.5, 0.6) is 0 Å². The Hall–Kier alpha value is -0.390. The average Bonchev–Trinajstić information content (AvgIpc) is 2.15. The van der Waals surface area contributed by atoms with E-state index in [1.165, 1.54) is 35.4 Å². The van der Waals surface area contributed by atoms with Crippen LogP contribution in [-0.4, -0.2) is 17.9 Å². The van der Waals surface area contributed by atoms with Crippen molar-refractivity contribution in [2.24, 2.45) is 11.8 Å². The molecule has 0 spiro atoms. The van der Waals surface area contributed by atoms with E-state index >= 15 is 0 Å². The van der Waals surface area contributed by atoms with Crippen molar-refractivity contribution in [1.29, 1.82) is 0 Å². The Morgan fingerprint density at radius 3 is 2.25 bits per heavy atom. The predicted molar refractivity (Wildman–Crippen MR) is 72.0 cm³/mol. The van der Waals surface area contributed by atoms with Gasteiger partial charge in [0.1, 0.15) is 0 Å². The van der Waals surface area contributed by atoms with E-state index in [1.807, 2.05) is 0 Å². The first kappa shape index (κ1) is 12.1. The summed E-state index contributed by atoms with van der Waals surface area (Å²) in [5, 5.41) is 10.6. The second-order valence-electron chi connectivity index (χ2n) is 5.04. The number of benzene rings is 1. The van der Waals surface area contributed by atoms with Crippen molar-refractivity contribution >= 4 is 13.9 Å². The molecule has 88 valence electrons. The Bertz CT molecular complexity index is 340. The Morgan fingerprint density at radius 1 is 1.12 bits per heavy atom. The lowest BCUT2D eigenvalue weighted by Gasteiger charge is -2.35. The maximum Gasteiger partial charge on any atom is 0.0462 e. The van der Waals surface area contributed by atoms with Gasteiger partial charge in [0.05, 0.1) is 0 Å². The van der Waals surface area contributed by atoms with Crippen molar-refractivity contribution in [3.63, 3.8) is 0 Å². The minimum Gasteiger partial charge on any atom is -0.396 e. The Morgan fingerprint density at radius 2 is 1.75 bits per heavy atom. The summed E-state index contributed by atoms with van der Waals surface area (Å²) in [7, 11) is 0.914. The quantitative estimate of drug-likeness (QED) is 0.797. The van der Waals surface area contributed by atoms with Crippen molar-refractivity contribution in [2.45, 2.75) is 26.7 Å². The molecule has 0 amide bonds. The molecule has 1 N–H and O–H groups in total. The van der Waals surface area contributed by atoms with Gasteiger partial charge >= 0.3 is 0 Å². The molecule has 2 heteroatoms. The second kappa shape index (κ2) is 5.29. The maximum atomic E-state index is 9.14. The molecule has 1 nitrogen and oxygen atoms in total. The molecule has 1 fully saturated rings. The summed E-state index contributed by atoms with van der Waals surface area (Å²) < 4.78 is 0. The molecule has 3 atom stereocenters. The lowest BCUT2D eigenvalue weighted by molar-refractivity contribution is 0.105. The Labute approximate surface area is 100 Å². The van der Waals surface area contributed by atoms with Crippen molar-refractivity contribution in [1.82, 2.24) is 0 Å². The van der Waals surface area contributed by atoms with Crippen LogP contribution in [0.3, 0.4) is 0 Å². The first-order chi connectivity index (χ1) is 7.69. The van der Waals surface area contributed by atoms with Crippen LogP contribution >= 0.6 is 8.58 Å². The molecule has 0 radical (unpaired) electrons. The van der Waals surface area contributed by atoms with E-state index in [0.717, 1.165) is 14.5 Å². The van der Waals surface area contributed by atoms with Crippen molar-refractivity contribution in [2.75, 3.05) is 12.8 Å². The number of aliphatic hydroxyl groups is 1. The molecule has 1 aliphatic carbocycles. The van der Waals surface area contributed by atoms with E-state index in [9.17, 15) is 0 Å². The molecular formula is C14H21OP. The molecule has 0 aliphatic heterocycles. The fraction of sp³-hybridized carbons (Fsp3) is 0.571. The summed E-state index contributed by atoms with van der Waals surface area (Å²) in [6.07, 6.45) is 3.83. The van der Waals surface area contributed by atoms with Crippen LogP contribution in [0.1, 0.15) is 24.0 Å². The van der Waals surface area contributed by atoms with Gasteiger partial charge in [0.25, 0.3) is 0 Å². The van der Waals surface area contributed by atoms with Gasteiger partial charge in [0.15, 0.2) is 0 Å². The topological polar surface area (TPSA) is 20.2 Å². The standard InChI is InChI=1S/C14H21OP/c1-10-5-11(2)7-14(6-10)16-9-13-4-3-12(13)8-15/h5-7,12-13,15-16H,3-4,8-9H2,1-2H3. The van der Waals surface area contributed by atoms with Crippen LogP contribution in [0.15, 0.2) is 18.2 Å². The summed E-state index contributed by atoms with van der Waals surface area (Å²) in [5.41, 5.74) is 2.74. The van der Waals surface area contributed by atoms with E-state index in [4.69, 9.17) is 5.11 Å². The predicted octanol–water partition coefficient (Wildman–Crippen LogP) is 2.63. The fourth-order valence-corrected chi connectivity index (χ4v) is 4.17. The zero-order valence-electron chi connectivity index (χ0n) is 10.2. The lowest BCUT2D eigenvalue weighted by Crippen LogP contribution is -2.30. The minimum absolute atomic E-state index is 0.391. The first-order valence-electron chi connectivity index (χ1n) is 6.12. The second-order valence-corrected chi connectivity index (χ2v) is 6.38. The summed E-state index contributed by atoms with van der Waals surface area (Å²) in [6, 6.07) is 6.84. The van der Waals surface area contributed by atoms with Crippen molar-refractivity contribution in [3.8, 4) is 0 Å². The van der Waals surface area contributed by atoms with Crippen molar-refractivity contribution in [3.05, 3.63) is 29.3 Å². The third-order valence-electron chi connectivity index (χ3n) is 3.60. The van der Waals surface area contributed by atoms with Gasteiger partial charge < -0.3 is 5.11 Å². The van der Waals surface area contributed by atoms with Gasteiger partial charge in [-0.25, -0.2) is 0 Å². The van der Waals surface area contributed by atoms with Crippen LogP contribution in [-0.2, 0) is 0 Å². The molecule has 1 aromatic rings. The highest BCUT2D eigenvalue weighted by atomic mass is 31.1.